The van der Waals surface area contributed by atoms with Crippen molar-refractivity contribution in [2.75, 3.05) is 0 Å². The summed E-state index contributed by atoms with van der Waals surface area (Å²) in [4.78, 5) is 31.0. The zero-order valence-electron chi connectivity index (χ0n) is 16.4. The highest BCUT2D eigenvalue weighted by Gasteiger charge is 2.23. The minimum atomic E-state index is -1.26. The molecule has 2 aromatic rings. The van der Waals surface area contributed by atoms with Crippen molar-refractivity contribution in [3.63, 3.8) is 0 Å². The molecule has 0 aliphatic carbocycles. The van der Waals surface area contributed by atoms with Crippen LogP contribution in [0.1, 0.15) is 27.7 Å². The summed E-state index contributed by atoms with van der Waals surface area (Å²) in [6.45, 7) is 8.22. The molecule has 0 radical (unpaired) electrons. The van der Waals surface area contributed by atoms with E-state index in [0.717, 1.165) is 17.4 Å². The van der Waals surface area contributed by atoms with Crippen LogP contribution >= 0.6 is 0 Å². The number of aromatic nitrogens is 1. The van der Waals surface area contributed by atoms with Gasteiger partial charge in [0, 0.05) is 37.0 Å². The van der Waals surface area contributed by atoms with E-state index in [0.29, 0.717) is 17.9 Å². The highest BCUT2D eigenvalue weighted by atomic mass is 16.5. The number of carbonyl (C=O) groups excluding carboxylic acids is 1. The van der Waals surface area contributed by atoms with Crippen LogP contribution in [0.25, 0.3) is 10.9 Å². The summed E-state index contributed by atoms with van der Waals surface area (Å²) in [6, 6.07) is 7.78. The molecule has 8 heteroatoms. The summed E-state index contributed by atoms with van der Waals surface area (Å²) < 4.78 is 7.51. The second-order valence-electron chi connectivity index (χ2n) is 7.32. The van der Waals surface area contributed by atoms with Gasteiger partial charge in [-0.3, -0.25) is 4.79 Å². The number of ether oxygens (including phenoxy) is 1. The van der Waals surface area contributed by atoms with Gasteiger partial charge in [0.1, 0.15) is 5.75 Å². The molecule has 0 saturated heterocycles. The summed E-state index contributed by atoms with van der Waals surface area (Å²) in [5.74, 6) is -2.18. The maximum Gasteiger partial charge on any atom is 0.328 e. The van der Waals surface area contributed by atoms with E-state index in [1.54, 1.807) is 0 Å². The van der Waals surface area contributed by atoms with Gasteiger partial charge in [-0.05, 0) is 51.3 Å². The molecule has 1 atom stereocenters. The molecule has 2 rings (SSSR count). The predicted molar refractivity (Wildman–Crippen MR) is 105 cm³/mol. The summed E-state index contributed by atoms with van der Waals surface area (Å²) in [7, 11) is 0. The number of carboxylic acids is 2. The van der Waals surface area contributed by atoms with Crippen molar-refractivity contribution in [1.29, 1.82) is 0 Å². The molecule has 1 aromatic heterocycles. The fourth-order valence-corrected chi connectivity index (χ4v) is 2.10. The first-order chi connectivity index (χ1) is 12.9. The number of rotatable bonds is 5. The lowest BCUT2D eigenvalue weighted by molar-refractivity contribution is -0.143. The topological polar surface area (TPSA) is 132 Å². The monoisotopic (exact) mass is 390 g/mol. The number of benzene rings is 1. The van der Waals surface area contributed by atoms with Crippen molar-refractivity contribution in [1.82, 2.24) is 4.57 Å². The standard InChI is InChI=1S/C16H22N2O2.C4H4O4/c1-11(17)10-18-8-7-12-5-6-13(9-14(12)18)20-15(19)16(2,3)4;5-3(6)1-2-4(7)8/h5-9,11H,10,17H2,1-4H3;1-2H,(H,5,6)(H,7,8). The fourth-order valence-electron chi connectivity index (χ4n) is 2.10. The third-order valence-corrected chi connectivity index (χ3v) is 3.42. The number of aliphatic carboxylic acids is 2. The lowest BCUT2D eigenvalue weighted by Gasteiger charge is -2.16. The Balaban J connectivity index is 0.000000416. The first kappa shape index (κ1) is 22.9. The average Bonchev–Trinajstić information content (AvgIpc) is 2.94. The van der Waals surface area contributed by atoms with Gasteiger partial charge in [-0.15, -0.1) is 0 Å². The largest absolute Gasteiger partial charge is 0.478 e. The maximum atomic E-state index is 11.9. The number of nitrogens with zero attached hydrogens (tertiary/aromatic N) is 1. The first-order valence-electron chi connectivity index (χ1n) is 8.61. The van der Waals surface area contributed by atoms with Crippen molar-refractivity contribution in [2.45, 2.75) is 40.3 Å². The maximum absolute atomic E-state index is 11.9. The quantitative estimate of drug-likeness (QED) is 0.406. The Hall–Kier alpha value is -3.13. The normalized spacial score (nSPS) is 12.3. The van der Waals surface area contributed by atoms with Crippen LogP contribution in [-0.4, -0.2) is 38.7 Å². The minimum Gasteiger partial charge on any atom is -0.478 e. The Bertz CT molecular complexity index is 858. The van der Waals surface area contributed by atoms with Crippen molar-refractivity contribution >= 4 is 28.8 Å². The minimum absolute atomic E-state index is 0.0754. The molecular formula is C20H26N2O6. The first-order valence-corrected chi connectivity index (χ1v) is 8.61. The van der Waals surface area contributed by atoms with E-state index in [4.69, 9.17) is 20.7 Å². The molecule has 1 aromatic carbocycles. The van der Waals surface area contributed by atoms with E-state index in [2.05, 4.69) is 4.57 Å². The zero-order valence-corrected chi connectivity index (χ0v) is 16.4. The van der Waals surface area contributed by atoms with Crippen LogP contribution in [0.2, 0.25) is 0 Å². The van der Waals surface area contributed by atoms with E-state index in [9.17, 15) is 14.4 Å². The van der Waals surface area contributed by atoms with Crippen LogP contribution in [0.15, 0.2) is 42.6 Å². The molecule has 0 saturated carbocycles. The Morgan fingerprint density at radius 1 is 1.14 bits per heavy atom. The van der Waals surface area contributed by atoms with Crippen molar-refractivity contribution in [3.8, 4) is 5.75 Å². The van der Waals surface area contributed by atoms with Gasteiger partial charge in [-0.1, -0.05) is 0 Å². The lowest BCUT2D eigenvalue weighted by atomic mass is 9.97. The van der Waals surface area contributed by atoms with Gasteiger partial charge in [-0.25, -0.2) is 9.59 Å². The fraction of sp³-hybridized carbons (Fsp3) is 0.350. The molecular weight excluding hydrogens is 364 g/mol. The molecule has 1 unspecified atom stereocenters. The van der Waals surface area contributed by atoms with E-state index in [1.807, 2.05) is 58.2 Å². The Morgan fingerprint density at radius 3 is 2.18 bits per heavy atom. The van der Waals surface area contributed by atoms with Crippen LogP contribution in [0, 0.1) is 5.41 Å². The summed E-state index contributed by atoms with van der Waals surface area (Å²) in [5.41, 5.74) is 6.36. The van der Waals surface area contributed by atoms with Gasteiger partial charge in [0.25, 0.3) is 0 Å². The molecule has 152 valence electrons. The number of esters is 1. The summed E-state index contributed by atoms with van der Waals surface area (Å²) in [6.07, 6.45) is 3.12. The van der Waals surface area contributed by atoms with Gasteiger partial charge in [0.05, 0.1) is 10.9 Å². The number of hydrogen-bond acceptors (Lipinski definition) is 5. The van der Waals surface area contributed by atoms with Crippen LogP contribution in [0.3, 0.4) is 0 Å². The van der Waals surface area contributed by atoms with Crippen molar-refractivity contribution in [2.24, 2.45) is 11.1 Å². The summed E-state index contributed by atoms with van der Waals surface area (Å²) in [5, 5.41) is 16.7. The molecule has 0 fully saturated rings. The van der Waals surface area contributed by atoms with E-state index in [1.165, 1.54) is 0 Å². The Morgan fingerprint density at radius 2 is 1.71 bits per heavy atom. The Labute approximate surface area is 163 Å². The second-order valence-corrected chi connectivity index (χ2v) is 7.32. The Kier molecular flexibility index (Phi) is 7.94. The third-order valence-electron chi connectivity index (χ3n) is 3.42. The van der Waals surface area contributed by atoms with Gasteiger partial charge >= 0.3 is 17.9 Å². The number of hydrogen-bond donors (Lipinski definition) is 3. The molecule has 4 N–H and O–H groups in total. The predicted octanol–water partition coefficient (Wildman–Crippen LogP) is 2.65. The molecule has 0 aliphatic heterocycles. The van der Waals surface area contributed by atoms with Gasteiger partial charge in [0.2, 0.25) is 0 Å². The van der Waals surface area contributed by atoms with Crippen molar-refractivity contribution in [3.05, 3.63) is 42.6 Å². The SMILES string of the molecule is CC(N)Cn1ccc2ccc(OC(=O)C(C)(C)C)cc21.O=C(O)C=CC(=O)O. The van der Waals surface area contributed by atoms with Gasteiger partial charge in [-0.2, -0.15) is 0 Å². The highest BCUT2D eigenvalue weighted by Crippen LogP contribution is 2.24. The average molecular weight is 390 g/mol. The number of carboxylic acid groups (broad SMARTS) is 2. The van der Waals surface area contributed by atoms with E-state index >= 15 is 0 Å². The molecule has 28 heavy (non-hydrogen) atoms. The molecule has 1 heterocycles. The molecule has 0 spiro atoms. The third kappa shape index (κ3) is 7.63. The van der Waals surface area contributed by atoms with E-state index in [-0.39, 0.29) is 12.0 Å². The summed E-state index contributed by atoms with van der Waals surface area (Å²) >= 11 is 0. The number of fused-ring (bicyclic) bond motifs is 1. The van der Waals surface area contributed by atoms with E-state index < -0.39 is 17.4 Å². The van der Waals surface area contributed by atoms with Crippen LogP contribution in [0.4, 0.5) is 0 Å². The second kappa shape index (κ2) is 9.70. The van der Waals surface area contributed by atoms with Gasteiger partial charge < -0.3 is 25.3 Å². The zero-order chi connectivity index (χ0) is 21.5. The van der Waals surface area contributed by atoms with Gasteiger partial charge in [0.15, 0.2) is 0 Å². The molecule has 0 amide bonds. The number of carbonyl (C=O) groups is 3. The number of nitrogens with two attached hydrogens (primary N) is 1. The van der Waals surface area contributed by atoms with Crippen molar-refractivity contribution < 1.29 is 29.3 Å². The van der Waals surface area contributed by atoms with Crippen LogP contribution in [-0.2, 0) is 20.9 Å². The van der Waals surface area contributed by atoms with Crippen LogP contribution in [0.5, 0.6) is 5.75 Å². The highest BCUT2D eigenvalue weighted by molar-refractivity contribution is 5.89. The smallest absolute Gasteiger partial charge is 0.328 e. The van der Waals surface area contributed by atoms with Crippen LogP contribution < -0.4 is 10.5 Å². The molecule has 0 aliphatic rings. The molecule has 0 bridgehead atoms. The lowest BCUT2D eigenvalue weighted by Crippen LogP contribution is -2.25. The molecule has 8 nitrogen and oxygen atoms in total.